The number of nitrogens with two attached hydrogens (primary N) is 1. The lowest BCUT2D eigenvalue weighted by Crippen LogP contribution is -2.38. The number of rotatable bonds is 5. The van der Waals surface area contributed by atoms with E-state index in [2.05, 4.69) is 0 Å². The van der Waals surface area contributed by atoms with Gasteiger partial charge in [-0.1, -0.05) is 36.4 Å². The van der Waals surface area contributed by atoms with E-state index in [4.69, 9.17) is 5.73 Å². The van der Waals surface area contributed by atoms with Crippen molar-refractivity contribution in [2.24, 2.45) is 5.73 Å². The van der Waals surface area contributed by atoms with Crippen LogP contribution in [0.5, 0.6) is 0 Å². The largest absolute Gasteiger partial charge is 0.368 e. The molecule has 0 fully saturated rings. The molecule has 5 nitrogen and oxygen atoms in total. The Morgan fingerprint density at radius 2 is 1.55 bits per heavy atom. The number of benzene rings is 2. The number of amides is 1. The predicted octanol–water partition coefficient (Wildman–Crippen LogP) is 1.47. The average Bonchev–Trinajstić information content (AvgIpc) is 2.45. The van der Waals surface area contributed by atoms with Crippen molar-refractivity contribution < 1.29 is 22.0 Å². The number of hydrogen-bond acceptors (Lipinski definition) is 3. The maximum Gasteiger partial charge on any atom is 0.247 e. The van der Waals surface area contributed by atoms with Crippen LogP contribution in [-0.4, -0.2) is 14.3 Å². The Kier molecular flexibility index (Phi) is 4.53. The highest BCUT2D eigenvalue weighted by Gasteiger charge is 2.29. The molecule has 0 aliphatic heterocycles. The maximum absolute atomic E-state index is 13.6. The van der Waals surface area contributed by atoms with Gasteiger partial charge in [-0.15, -0.1) is 0 Å². The molecule has 0 unspecified atom stereocenters. The van der Waals surface area contributed by atoms with Crippen LogP contribution in [0.2, 0.25) is 0 Å². The van der Waals surface area contributed by atoms with E-state index in [0.29, 0.717) is 0 Å². The monoisotopic (exact) mass is 326 g/mol. The number of nitrogens with one attached hydrogen (secondary N) is 1. The standard InChI is InChI=1S/C14H12F2N2O3S/c15-10-7-4-8-11(16)13(10)22(20,21)18-12(14(17)19)9-5-2-1-3-6-9/h1-8,12,18H,(H2,17,19)/t12-/m0/s1. The van der Waals surface area contributed by atoms with Gasteiger partial charge in [0, 0.05) is 0 Å². The highest BCUT2D eigenvalue weighted by molar-refractivity contribution is 7.89. The molecule has 22 heavy (non-hydrogen) atoms. The first kappa shape index (κ1) is 16.1. The minimum absolute atomic E-state index is 0.260. The van der Waals surface area contributed by atoms with Gasteiger partial charge in [0.05, 0.1) is 0 Å². The third kappa shape index (κ3) is 3.29. The Bertz CT molecular complexity index is 775. The SMILES string of the molecule is NC(=O)[C@@H](NS(=O)(=O)c1c(F)cccc1F)c1ccccc1. The molecule has 1 atom stereocenters. The van der Waals surface area contributed by atoms with Crippen molar-refractivity contribution >= 4 is 15.9 Å². The van der Waals surface area contributed by atoms with E-state index in [-0.39, 0.29) is 5.56 Å². The van der Waals surface area contributed by atoms with Crippen molar-refractivity contribution in [3.05, 3.63) is 65.7 Å². The van der Waals surface area contributed by atoms with Crippen molar-refractivity contribution in [1.29, 1.82) is 0 Å². The zero-order valence-electron chi connectivity index (χ0n) is 11.2. The second-order valence-corrected chi connectivity index (χ2v) is 6.07. The molecule has 0 bridgehead atoms. The van der Waals surface area contributed by atoms with Crippen molar-refractivity contribution in [2.45, 2.75) is 10.9 Å². The summed E-state index contributed by atoms with van der Waals surface area (Å²) in [5.41, 5.74) is 5.44. The van der Waals surface area contributed by atoms with E-state index >= 15 is 0 Å². The molecule has 2 aromatic rings. The minimum Gasteiger partial charge on any atom is -0.368 e. The Hall–Kier alpha value is -2.32. The van der Waals surface area contributed by atoms with Gasteiger partial charge < -0.3 is 5.73 Å². The van der Waals surface area contributed by atoms with E-state index in [0.717, 1.165) is 18.2 Å². The average molecular weight is 326 g/mol. The molecule has 0 aliphatic carbocycles. The van der Waals surface area contributed by atoms with E-state index in [1.165, 1.54) is 12.1 Å². The lowest BCUT2D eigenvalue weighted by Gasteiger charge is -2.16. The first-order valence-electron chi connectivity index (χ1n) is 6.13. The fourth-order valence-electron chi connectivity index (χ4n) is 1.89. The normalized spacial score (nSPS) is 12.8. The molecule has 2 rings (SSSR count). The van der Waals surface area contributed by atoms with Gasteiger partial charge in [-0.2, -0.15) is 4.72 Å². The number of hydrogen-bond donors (Lipinski definition) is 2. The summed E-state index contributed by atoms with van der Waals surface area (Å²) in [6, 6.07) is 8.95. The molecule has 0 radical (unpaired) electrons. The van der Waals surface area contributed by atoms with Gasteiger partial charge in [0.2, 0.25) is 15.9 Å². The lowest BCUT2D eigenvalue weighted by atomic mass is 10.1. The van der Waals surface area contributed by atoms with Crippen molar-refractivity contribution in [3.8, 4) is 0 Å². The summed E-state index contributed by atoms with van der Waals surface area (Å²) in [4.78, 5) is 10.3. The molecule has 0 saturated heterocycles. The van der Waals surface area contributed by atoms with Gasteiger partial charge in [0.1, 0.15) is 17.7 Å². The summed E-state index contributed by atoms with van der Waals surface area (Å²) >= 11 is 0. The summed E-state index contributed by atoms with van der Waals surface area (Å²) in [6.45, 7) is 0. The molecule has 3 N–H and O–H groups in total. The Balaban J connectivity index is 2.44. The van der Waals surface area contributed by atoms with Gasteiger partial charge in [0.25, 0.3) is 0 Å². The van der Waals surface area contributed by atoms with Crippen LogP contribution < -0.4 is 10.5 Å². The van der Waals surface area contributed by atoms with E-state index < -0.39 is 38.5 Å². The summed E-state index contributed by atoms with van der Waals surface area (Å²) in [5.74, 6) is -3.51. The third-order valence-corrected chi connectivity index (χ3v) is 4.35. The molecule has 1 amide bonds. The quantitative estimate of drug-likeness (QED) is 0.872. The van der Waals surface area contributed by atoms with Gasteiger partial charge in [0.15, 0.2) is 4.90 Å². The zero-order chi connectivity index (χ0) is 16.3. The van der Waals surface area contributed by atoms with Crippen LogP contribution in [0.4, 0.5) is 8.78 Å². The molecular formula is C14H12F2N2O3S. The third-order valence-electron chi connectivity index (χ3n) is 2.88. The molecule has 0 aliphatic rings. The minimum atomic E-state index is -4.61. The number of carbonyl (C=O) groups is 1. The Morgan fingerprint density at radius 3 is 2.05 bits per heavy atom. The molecule has 0 saturated carbocycles. The highest BCUT2D eigenvalue weighted by Crippen LogP contribution is 2.21. The second-order valence-electron chi connectivity index (χ2n) is 4.42. The van der Waals surface area contributed by atoms with Gasteiger partial charge in [-0.25, -0.2) is 17.2 Å². The Morgan fingerprint density at radius 1 is 1.00 bits per heavy atom. The van der Waals surface area contributed by atoms with Crippen LogP contribution in [-0.2, 0) is 14.8 Å². The molecule has 0 spiro atoms. The summed E-state index contributed by atoms with van der Waals surface area (Å²) < 4.78 is 53.5. The van der Waals surface area contributed by atoms with Crippen LogP contribution >= 0.6 is 0 Å². The molecule has 0 aromatic heterocycles. The number of carbonyl (C=O) groups excluding carboxylic acids is 1. The van der Waals surface area contributed by atoms with E-state index in [1.54, 1.807) is 18.2 Å². The van der Waals surface area contributed by atoms with Gasteiger partial charge >= 0.3 is 0 Å². The second kappa shape index (κ2) is 6.20. The zero-order valence-corrected chi connectivity index (χ0v) is 12.0. The lowest BCUT2D eigenvalue weighted by molar-refractivity contribution is -0.119. The first-order chi connectivity index (χ1) is 10.3. The van der Waals surface area contributed by atoms with Crippen molar-refractivity contribution in [1.82, 2.24) is 4.72 Å². The van der Waals surface area contributed by atoms with Crippen LogP contribution in [0.3, 0.4) is 0 Å². The molecular weight excluding hydrogens is 314 g/mol. The molecule has 8 heteroatoms. The van der Waals surface area contributed by atoms with Crippen LogP contribution in [0.1, 0.15) is 11.6 Å². The van der Waals surface area contributed by atoms with Gasteiger partial charge in [-0.3, -0.25) is 4.79 Å². The van der Waals surface area contributed by atoms with Gasteiger partial charge in [-0.05, 0) is 17.7 Å². The van der Waals surface area contributed by atoms with Crippen LogP contribution in [0.15, 0.2) is 53.4 Å². The van der Waals surface area contributed by atoms with E-state index in [1.807, 2.05) is 4.72 Å². The number of primary amides is 1. The summed E-state index contributed by atoms with van der Waals surface area (Å²) in [5, 5.41) is 0. The van der Waals surface area contributed by atoms with Crippen LogP contribution in [0, 0.1) is 11.6 Å². The number of halogens is 2. The number of sulfonamides is 1. The highest BCUT2D eigenvalue weighted by atomic mass is 32.2. The van der Waals surface area contributed by atoms with Crippen molar-refractivity contribution in [2.75, 3.05) is 0 Å². The van der Waals surface area contributed by atoms with Crippen LogP contribution in [0.25, 0.3) is 0 Å². The first-order valence-corrected chi connectivity index (χ1v) is 7.62. The predicted molar refractivity (Wildman–Crippen MR) is 75.1 cm³/mol. The summed E-state index contributed by atoms with van der Waals surface area (Å²) in [7, 11) is -4.61. The van der Waals surface area contributed by atoms with E-state index in [9.17, 15) is 22.0 Å². The maximum atomic E-state index is 13.6. The smallest absolute Gasteiger partial charge is 0.247 e. The molecule has 2 aromatic carbocycles. The molecule has 116 valence electrons. The molecule has 0 heterocycles. The summed E-state index contributed by atoms with van der Waals surface area (Å²) in [6.07, 6.45) is 0. The fraction of sp³-hybridized carbons (Fsp3) is 0.0714. The van der Waals surface area contributed by atoms with Crippen molar-refractivity contribution in [3.63, 3.8) is 0 Å². The fourth-order valence-corrected chi connectivity index (χ4v) is 3.22. The Labute approximate surface area is 125 Å². The topological polar surface area (TPSA) is 89.3 Å².